The molecule has 0 atom stereocenters. The second kappa shape index (κ2) is 12.9. The van der Waals surface area contributed by atoms with Crippen molar-refractivity contribution in [1.82, 2.24) is 9.73 Å². The van der Waals surface area contributed by atoms with Gasteiger partial charge in [0.2, 0.25) is 15.8 Å². The maximum Gasteiger partial charge on any atom is 0.255 e. The highest BCUT2D eigenvalue weighted by Crippen LogP contribution is 2.37. The molecule has 0 aliphatic heterocycles. The molecule has 1 amide bonds. The number of sulfonamides is 1. The lowest BCUT2D eigenvalue weighted by Crippen LogP contribution is -2.39. The fraction of sp³-hybridized carbons (Fsp3) is 0.259. The van der Waals surface area contributed by atoms with Crippen molar-refractivity contribution < 1.29 is 32.2 Å². The fourth-order valence-corrected chi connectivity index (χ4v) is 5.19. The van der Waals surface area contributed by atoms with Crippen LogP contribution in [0.1, 0.15) is 16.7 Å². The number of methoxy groups -OCH3 is 4. The number of rotatable bonds is 12. The first-order valence-corrected chi connectivity index (χ1v) is 13.0. The van der Waals surface area contributed by atoms with Crippen molar-refractivity contribution in [2.24, 2.45) is 5.10 Å². The van der Waals surface area contributed by atoms with Crippen LogP contribution in [0.4, 0.5) is 0 Å². The number of nitrogens with zero attached hydrogens (tertiary/aromatic N) is 2. The number of carbonyl (C=O) groups excluding carboxylic acids is 1. The van der Waals surface area contributed by atoms with Crippen LogP contribution < -0.4 is 24.4 Å². The smallest absolute Gasteiger partial charge is 0.255 e. The van der Waals surface area contributed by atoms with Gasteiger partial charge in [-0.05, 0) is 48.4 Å². The van der Waals surface area contributed by atoms with E-state index < -0.39 is 22.5 Å². The molecule has 0 aromatic heterocycles. The molecule has 0 unspecified atom stereocenters. The van der Waals surface area contributed by atoms with Crippen molar-refractivity contribution in [2.75, 3.05) is 35.0 Å². The summed E-state index contributed by atoms with van der Waals surface area (Å²) < 4.78 is 49.4. The number of carbonyl (C=O) groups is 1. The SMILES string of the molecule is COc1ccc(S(=O)(=O)N(CC(=O)N/N=C/c2cc(OC)c(OC)c(OC)c2)Cc2ccccc2)cc1C. The number of hydrogen-bond donors (Lipinski definition) is 1. The lowest BCUT2D eigenvalue weighted by Gasteiger charge is -2.22. The standard InChI is InChI=1S/C27H31N3O7S/c1-19-13-22(11-12-23(19)34-2)38(32,33)30(17-20-9-7-6-8-10-20)18-26(31)29-28-16-21-14-24(35-3)27(37-5)25(15-21)36-4/h6-16H,17-18H2,1-5H3,(H,29,31)/b28-16+. The lowest BCUT2D eigenvalue weighted by atomic mass is 10.2. The zero-order valence-electron chi connectivity index (χ0n) is 21.9. The summed E-state index contributed by atoms with van der Waals surface area (Å²) in [7, 11) is 1.97. The Morgan fingerprint density at radius 3 is 2.08 bits per heavy atom. The summed E-state index contributed by atoms with van der Waals surface area (Å²) in [5.41, 5.74) is 4.36. The van der Waals surface area contributed by atoms with Crippen molar-refractivity contribution in [2.45, 2.75) is 18.4 Å². The van der Waals surface area contributed by atoms with E-state index in [1.807, 2.05) is 6.07 Å². The van der Waals surface area contributed by atoms with Gasteiger partial charge in [0.25, 0.3) is 5.91 Å². The molecule has 11 heteroatoms. The predicted octanol–water partition coefficient (Wildman–Crippen LogP) is 3.37. The third-order valence-electron chi connectivity index (χ3n) is 5.62. The van der Waals surface area contributed by atoms with Crippen LogP contribution in [-0.2, 0) is 21.4 Å². The highest BCUT2D eigenvalue weighted by atomic mass is 32.2. The Labute approximate surface area is 222 Å². The second-order valence-electron chi connectivity index (χ2n) is 8.14. The summed E-state index contributed by atoms with van der Waals surface area (Å²) in [4.78, 5) is 12.9. The summed E-state index contributed by atoms with van der Waals surface area (Å²) in [6.45, 7) is 1.30. The van der Waals surface area contributed by atoms with Gasteiger partial charge < -0.3 is 18.9 Å². The fourth-order valence-electron chi connectivity index (χ4n) is 3.72. The zero-order valence-corrected chi connectivity index (χ0v) is 22.7. The van der Waals surface area contributed by atoms with Crippen LogP contribution >= 0.6 is 0 Å². The Kier molecular flexibility index (Phi) is 9.69. The Morgan fingerprint density at radius 2 is 1.53 bits per heavy atom. The zero-order chi connectivity index (χ0) is 27.7. The minimum Gasteiger partial charge on any atom is -0.496 e. The van der Waals surface area contributed by atoms with Gasteiger partial charge in [-0.15, -0.1) is 0 Å². The van der Waals surface area contributed by atoms with Gasteiger partial charge in [0.05, 0.1) is 46.1 Å². The van der Waals surface area contributed by atoms with E-state index in [9.17, 15) is 13.2 Å². The maximum absolute atomic E-state index is 13.5. The van der Waals surface area contributed by atoms with Crippen LogP contribution in [0.15, 0.2) is 70.7 Å². The van der Waals surface area contributed by atoms with E-state index in [1.165, 1.54) is 46.8 Å². The van der Waals surface area contributed by atoms with Crippen LogP contribution in [0.3, 0.4) is 0 Å². The van der Waals surface area contributed by atoms with Crippen LogP contribution in [-0.4, -0.2) is 59.8 Å². The minimum atomic E-state index is -4.03. The van der Waals surface area contributed by atoms with E-state index in [-0.39, 0.29) is 11.4 Å². The van der Waals surface area contributed by atoms with E-state index >= 15 is 0 Å². The molecule has 3 aromatic rings. The second-order valence-corrected chi connectivity index (χ2v) is 10.1. The molecular formula is C27H31N3O7S. The van der Waals surface area contributed by atoms with Gasteiger partial charge in [0.15, 0.2) is 11.5 Å². The van der Waals surface area contributed by atoms with Gasteiger partial charge in [-0.1, -0.05) is 30.3 Å². The Morgan fingerprint density at radius 1 is 0.895 bits per heavy atom. The third-order valence-corrected chi connectivity index (χ3v) is 7.40. The molecule has 0 saturated carbocycles. The molecule has 0 spiro atoms. The first kappa shape index (κ1) is 28.5. The average molecular weight is 542 g/mol. The molecule has 0 heterocycles. The summed E-state index contributed by atoms with van der Waals surface area (Å²) in [5, 5.41) is 3.99. The summed E-state index contributed by atoms with van der Waals surface area (Å²) >= 11 is 0. The van der Waals surface area contributed by atoms with E-state index in [2.05, 4.69) is 10.5 Å². The summed E-state index contributed by atoms with van der Waals surface area (Å²) in [6, 6.07) is 16.9. The average Bonchev–Trinajstić information content (AvgIpc) is 2.92. The van der Waals surface area contributed by atoms with Gasteiger partial charge >= 0.3 is 0 Å². The molecule has 0 fully saturated rings. The number of hydrogen-bond acceptors (Lipinski definition) is 8. The van der Waals surface area contributed by atoms with E-state index in [0.29, 0.717) is 34.1 Å². The van der Waals surface area contributed by atoms with Crippen LogP contribution in [0.2, 0.25) is 0 Å². The van der Waals surface area contributed by atoms with Gasteiger partial charge in [-0.2, -0.15) is 9.41 Å². The molecule has 1 N–H and O–H groups in total. The molecule has 0 aliphatic carbocycles. The van der Waals surface area contributed by atoms with Crippen LogP contribution in [0.5, 0.6) is 23.0 Å². The normalized spacial score (nSPS) is 11.4. The monoisotopic (exact) mass is 541 g/mol. The number of ether oxygens (including phenoxy) is 4. The number of benzene rings is 3. The first-order chi connectivity index (χ1) is 18.2. The molecule has 3 aromatic carbocycles. The van der Waals surface area contributed by atoms with E-state index in [4.69, 9.17) is 18.9 Å². The largest absolute Gasteiger partial charge is 0.496 e. The quantitative estimate of drug-likeness (QED) is 0.276. The molecule has 0 saturated heterocycles. The van der Waals surface area contributed by atoms with E-state index in [1.54, 1.807) is 49.4 Å². The molecule has 38 heavy (non-hydrogen) atoms. The topological polar surface area (TPSA) is 116 Å². The molecule has 10 nitrogen and oxygen atoms in total. The van der Waals surface area contributed by atoms with Gasteiger partial charge in [0.1, 0.15) is 5.75 Å². The van der Waals surface area contributed by atoms with Gasteiger partial charge in [-0.3, -0.25) is 4.79 Å². The Hall–Kier alpha value is -4.09. The van der Waals surface area contributed by atoms with Gasteiger partial charge in [-0.25, -0.2) is 13.8 Å². The first-order valence-electron chi connectivity index (χ1n) is 11.5. The molecule has 0 bridgehead atoms. The minimum absolute atomic E-state index is 0.00172. The Bertz CT molecular complexity index is 1370. The van der Waals surface area contributed by atoms with Gasteiger partial charge in [0, 0.05) is 12.1 Å². The maximum atomic E-state index is 13.5. The number of hydrazone groups is 1. The number of nitrogens with one attached hydrogen (secondary N) is 1. The molecule has 0 aliphatic rings. The van der Waals surface area contributed by atoms with Crippen molar-refractivity contribution in [3.63, 3.8) is 0 Å². The Balaban J connectivity index is 1.82. The highest BCUT2D eigenvalue weighted by Gasteiger charge is 2.27. The molecular weight excluding hydrogens is 510 g/mol. The van der Waals surface area contributed by atoms with E-state index in [0.717, 1.165) is 9.87 Å². The predicted molar refractivity (Wildman–Crippen MR) is 144 cm³/mol. The third kappa shape index (κ3) is 6.81. The molecule has 3 rings (SSSR count). The van der Waals surface area contributed by atoms with Crippen molar-refractivity contribution >= 4 is 22.1 Å². The van der Waals surface area contributed by atoms with Crippen LogP contribution in [0.25, 0.3) is 0 Å². The van der Waals surface area contributed by atoms with Crippen molar-refractivity contribution in [1.29, 1.82) is 0 Å². The molecule has 202 valence electrons. The van der Waals surface area contributed by atoms with Crippen LogP contribution in [0, 0.1) is 6.92 Å². The van der Waals surface area contributed by atoms with Crippen molar-refractivity contribution in [3.05, 3.63) is 77.4 Å². The lowest BCUT2D eigenvalue weighted by molar-refractivity contribution is -0.121. The highest BCUT2D eigenvalue weighted by molar-refractivity contribution is 7.89. The number of aryl methyl sites for hydroxylation is 1. The summed E-state index contributed by atoms with van der Waals surface area (Å²) in [6.07, 6.45) is 1.39. The molecule has 0 radical (unpaired) electrons. The van der Waals surface area contributed by atoms with Crippen molar-refractivity contribution in [3.8, 4) is 23.0 Å². The number of amides is 1. The summed E-state index contributed by atoms with van der Waals surface area (Å²) in [5.74, 6) is 1.23.